The van der Waals surface area contributed by atoms with E-state index in [9.17, 15) is 8.42 Å². The second-order valence-corrected chi connectivity index (χ2v) is 9.37. The van der Waals surface area contributed by atoms with Crippen molar-refractivity contribution in [1.82, 2.24) is 14.5 Å². The Morgan fingerprint density at radius 1 is 0.788 bits per heavy atom. The topological polar surface area (TPSA) is 94.8 Å². The summed E-state index contributed by atoms with van der Waals surface area (Å²) in [6.45, 7) is 0.862. The van der Waals surface area contributed by atoms with E-state index in [-0.39, 0.29) is 23.9 Å². The van der Waals surface area contributed by atoms with Crippen LogP contribution in [0.1, 0.15) is 11.5 Å². The van der Waals surface area contributed by atoms with Crippen molar-refractivity contribution in [3.63, 3.8) is 0 Å². The van der Waals surface area contributed by atoms with Gasteiger partial charge in [-0.2, -0.15) is 4.31 Å². The number of hydrogen-bond acceptors (Lipinski definition) is 7. The van der Waals surface area contributed by atoms with Gasteiger partial charge in [0.1, 0.15) is 13.2 Å². The van der Waals surface area contributed by atoms with Crippen LogP contribution in [0.15, 0.2) is 88.2 Å². The molecule has 0 aliphatic carbocycles. The van der Waals surface area contributed by atoms with Gasteiger partial charge in [-0.1, -0.05) is 48.5 Å². The van der Waals surface area contributed by atoms with Crippen molar-refractivity contribution in [2.45, 2.75) is 18.0 Å². The zero-order chi connectivity index (χ0) is 22.7. The summed E-state index contributed by atoms with van der Waals surface area (Å²) in [7, 11) is -3.92. The first-order valence-electron chi connectivity index (χ1n) is 10.4. The fraction of sp³-hybridized carbons (Fsp3) is 0.167. The van der Waals surface area contributed by atoms with Crippen LogP contribution >= 0.6 is 0 Å². The monoisotopic (exact) mass is 463 g/mol. The minimum absolute atomic E-state index is 0.0779. The molecule has 168 valence electrons. The van der Waals surface area contributed by atoms with Crippen LogP contribution in [-0.2, 0) is 23.1 Å². The molecule has 4 aromatic rings. The van der Waals surface area contributed by atoms with Gasteiger partial charge in [-0.05, 0) is 29.8 Å². The standard InChI is InChI=1S/C24H21N3O5S/c28-33(29,20-11-12-21-22(15-20)31-14-13-30-21)27(16-18-7-3-1-4-8-18)17-23-25-26-24(32-23)19-9-5-2-6-10-19/h1-12,15H,13-14,16-17H2. The Hall–Kier alpha value is -3.69. The van der Waals surface area contributed by atoms with Crippen molar-refractivity contribution in [1.29, 1.82) is 0 Å². The van der Waals surface area contributed by atoms with Gasteiger partial charge in [0.2, 0.25) is 21.8 Å². The second kappa shape index (κ2) is 9.05. The molecule has 0 amide bonds. The lowest BCUT2D eigenvalue weighted by molar-refractivity contribution is 0.171. The van der Waals surface area contributed by atoms with Crippen LogP contribution in [0.4, 0.5) is 0 Å². The van der Waals surface area contributed by atoms with E-state index >= 15 is 0 Å². The predicted molar refractivity (Wildman–Crippen MR) is 120 cm³/mol. The number of sulfonamides is 1. The third-order valence-corrected chi connectivity index (χ3v) is 6.94. The van der Waals surface area contributed by atoms with Gasteiger partial charge in [0.05, 0.1) is 11.4 Å². The molecule has 0 atom stereocenters. The highest BCUT2D eigenvalue weighted by molar-refractivity contribution is 7.89. The molecule has 2 heterocycles. The quantitative estimate of drug-likeness (QED) is 0.410. The van der Waals surface area contributed by atoms with Gasteiger partial charge in [-0.3, -0.25) is 0 Å². The molecular formula is C24H21N3O5S. The van der Waals surface area contributed by atoms with Gasteiger partial charge in [0.25, 0.3) is 0 Å². The number of aromatic nitrogens is 2. The molecule has 0 N–H and O–H groups in total. The zero-order valence-electron chi connectivity index (χ0n) is 17.6. The molecule has 5 rings (SSSR count). The van der Waals surface area contributed by atoms with Crippen LogP contribution < -0.4 is 9.47 Å². The largest absolute Gasteiger partial charge is 0.486 e. The van der Waals surface area contributed by atoms with E-state index in [4.69, 9.17) is 13.9 Å². The fourth-order valence-corrected chi connectivity index (χ4v) is 4.91. The molecule has 0 fully saturated rings. The van der Waals surface area contributed by atoms with Crippen LogP contribution in [-0.4, -0.2) is 36.1 Å². The first-order valence-corrected chi connectivity index (χ1v) is 11.9. The molecular weight excluding hydrogens is 442 g/mol. The average molecular weight is 464 g/mol. The fourth-order valence-electron chi connectivity index (χ4n) is 3.51. The lowest BCUT2D eigenvalue weighted by Crippen LogP contribution is -2.30. The third-order valence-electron chi connectivity index (χ3n) is 5.15. The first kappa shape index (κ1) is 21.2. The lowest BCUT2D eigenvalue weighted by atomic mass is 10.2. The van der Waals surface area contributed by atoms with Gasteiger partial charge in [-0.15, -0.1) is 10.2 Å². The number of benzene rings is 3. The molecule has 0 radical (unpaired) electrons. The molecule has 0 bridgehead atoms. The van der Waals surface area contributed by atoms with Crippen LogP contribution in [0.2, 0.25) is 0 Å². The van der Waals surface area contributed by atoms with E-state index in [1.54, 1.807) is 6.07 Å². The highest BCUT2D eigenvalue weighted by Crippen LogP contribution is 2.34. The molecule has 8 nitrogen and oxygen atoms in total. The number of nitrogens with zero attached hydrogens (tertiary/aromatic N) is 3. The Morgan fingerprint density at radius 2 is 1.48 bits per heavy atom. The number of hydrogen-bond donors (Lipinski definition) is 0. The Morgan fingerprint density at radius 3 is 2.24 bits per heavy atom. The Balaban J connectivity index is 1.47. The molecule has 9 heteroatoms. The Labute approximate surface area is 191 Å². The maximum atomic E-state index is 13.6. The summed E-state index contributed by atoms with van der Waals surface area (Å²) in [5, 5.41) is 8.17. The molecule has 0 saturated carbocycles. The van der Waals surface area contributed by atoms with Crippen LogP contribution in [0, 0.1) is 0 Å². The van der Waals surface area contributed by atoms with E-state index in [2.05, 4.69) is 10.2 Å². The third kappa shape index (κ3) is 4.59. The van der Waals surface area contributed by atoms with Crippen LogP contribution in [0.3, 0.4) is 0 Å². The van der Waals surface area contributed by atoms with Gasteiger partial charge in [-0.25, -0.2) is 8.42 Å². The van der Waals surface area contributed by atoms with Crippen molar-refractivity contribution < 1.29 is 22.3 Å². The molecule has 0 spiro atoms. The zero-order valence-corrected chi connectivity index (χ0v) is 18.4. The van der Waals surface area contributed by atoms with Gasteiger partial charge < -0.3 is 13.9 Å². The van der Waals surface area contributed by atoms with Crippen LogP contribution in [0.25, 0.3) is 11.5 Å². The van der Waals surface area contributed by atoms with Crippen molar-refractivity contribution in [2.75, 3.05) is 13.2 Å². The normalized spacial score (nSPS) is 13.2. The first-order chi connectivity index (χ1) is 16.1. The maximum absolute atomic E-state index is 13.6. The molecule has 3 aromatic carbocycles. The summed E-state index contributed by atoms with van der Waals surface area (Å²) in [6.07, 6.45) is 0. The Kier molecular flexibility index (Phi) is 5.80. The number of ether oxygens (including phenoxy) is 2. The Bertz CT molecular complexity index is 1340. The highest BCUT2D eigenvalue weighted by Gasteiger charge is 2.29. The maximum Gasteiger partial charge on any atom is 0.247 e. The van der Waals surface area contributed by atoms with Crippen LogP contribution in [0.5, 0.6) is 11.5 Å². The van der Waals surface area contributed by atoms with E-state index in [0.29, 0.717) is 30.6 Å². The van der Waals surface area contributed by atoms with E-state index < -0.39 is 10.0 Å². The molecule has 0 saturated heterocycles. The van der Waals surface area contributed by atoms with Crippen molar-refractivity contribution >= 4 is 10.0 Å². The predicted octanol–water partition coefficient (Wildman–Crippen LogP) is 3.90. The van der Waals surface area contributed by atoms with Gasteiger partial charge >= 0.3 is 0 Å². The highest BCUT2D eigenvalue weighted by atomic mass is 32.2. The van der Waals surface area contributed by atoms with Crippen molar-refractivity contribution in [3.05, 3.63) is 90.3 Å². The van der Waals surface area contributed by atoms with Crippen molar-refractivity contribution in [2.24, 2.45) is 0 Å². The average Bonchev–Trinajstić information content (AvgIpc) is 3.33. The lowest BCUT2D eigenvalue weighted by Gasteiger charge is -2.23. The number of fused-ring (bicyclic) bond motifs is 1. The summed E-state index contributed by atoms with van der Waals surface area (Å²) in [4.78, 5) is 0.102. The molecule has 1 aliphatic heterocycles. The molecule has 1 aromatic heterocycles. The molecule has 1 aliphatic rings. The van der Waals surface area contributed by atoms with E-state index in [0.717, 1.165) is 11.1 Å². The summed E-state index contributed by atoms with van der Waals surface area (Å²) < 4.78 is 45.5. The SMILES string of the molecule is O=S(=O)(c1ccc2c(c1)OCCO2)N(Cc1ccccc1)Cc1nnc(-c2ccccc2)o1. The summed E-state index contributed by atoms with van der Waals surface area (Å²) in [6, 6.07) is 23.3. The minimum Gasteiger partial charge on any atom is -0.486 e. The van der Waals surface area contributed by atoms with Crippen molar-refractivity contribution in [3.8, 4) is 23.0 Å². The molecule has 33 heavy (non-hydrogen) atoms. The summed E-state index contributed by atoms with van der Waals surface area (Å²) in [5.74, 6) is 1.47. The van der Waals surface area contributed by atoms with Gasteiger partial charge in [0.15, 0.2) is 11.5 Å². The summed E-state index contributed by atoms with van der Waals surface area (Å²) >= 11 is 0. The van der Waals surface area contributed by atoms with Gasteiger partial charge in [0, 0.05) is 18.2 Å². The molecule has 0 unspecified atom stereocenters. The number of rotatable bonds is 7. The smallest absolute Gasteiger partial charge is 0.247 e. The van der Waals surface area contributed by atoms with E-state index in [1.807, 2.05) is 60.7 Å². The summed E-state index contributed by atoms with van der Waals surface area (Å²) in [5.41, 5.74) is 1.60. The minimum atomic E-state index is -3.92. The van der Waals surface area contributed by atoms with E-state index in [1.165, 1.54) is 16.4 Å². The second-order valence-electron chi connectivity index (χ2n) is 7.43.